The molecule has 1 aliphatic rings. The van der Waals surface area contributed by atoms with Crippen molar-refractivity contribution in [3.05, 3.63) is 57.9 Å². The maximum atomic E-state index is 13.1. The molecule has 4 rings (SSSR count). The van der Waals surface area contributed by atoms with Gasteiger partial charge in [-0.3, -0.25) is 4.79 Å². The van der Waals surface area contributed by atoms with Crippen molar-refractivity contribution in [2.45, 2.75) is 51.3 Å². The molecule has 0 unspecified atom stereocenters. The summed E-state index contributed by atoms with van der Waals surface area (Å²) in [6.07, 6.45) is -0.349. The minimum atomic E-state index is -3.68. The Morgan fingerprint density at radius 3 is 2.43 bits per heavy atom. The third kappa shape index (κ3) is 5.41. The summed E-state index contributed by atoms with van der Waals surface area (Å²) in [5.41, 5.74) is 3.62. The average molecular weight is 518 g/mol. The molecule has 35 heavy (non-hydrogen) atoms. The van der Waals surface area contributed by atoms with Crippen molar-refractivity contribution in [3.8, 4) is 0 Å². The monoisotopic (exact) mass is 517 g/mol. The van der Waals surface area contributed by atoms with Gasteiger partial charge in [-0.05, 0) is 69.2 Å². The number of morpholine rings is 1. The Hall–Kier alpha value is -2.37. The quantitative estimate of drug-likeness (QED) is 0.499. The average Bonchev–Trinajstić information content (AvgIpc) is 3.14. The fourth-order valence-electron chi connectivity index (χ4n) is 4.39. The fourth-order valence-corrected chi connectivity index (χ4v) is 7.09. The zero-order valence-corrected chi connectivity index (χ0v) is 22.3. The van der Waals surface area contributed by atoms with Crippen LogP contribution in [-0.4, -0.2) is 62.2 Å². The maximum Gasteiger partial charge on any atom is 0.279 e. The van der Waals surface area contributed by atoms with Gasteiger partial charge < -0.3 is 14.0 Å². The Labute approximate surface area is 209 Å². The molecule has 2 aromatic carbocycles. The summed E-state index contributed by atoms with van der Waals surface area (Å²) >= 11 is 1.46. The van der Waals surface area contributed by atoms with E-state index in [2.05, 4.69) is 17.1 Å². The zero-order chi connectivity index (χ0) is 25.3. The molecule has 1 aliphatic heterocycles. The number of aromatic nitrogens is 1. The number of aryl methyl sites for hydroxylation is 2. The predicted molar refractivity (Wildman–Crippen MR) is 136 cm³/mol. The lowest BCUT2D eigenvalue weighted by Crippen LogP contribution is -2.48. The van der Waals surface area contributed by atoms with Crippen molar-refractivity contribution in [1.82, 2.24) is 8.87 Å². The molecule has 2 atom stereocenters. The number of thiazole rings is 1. The molecular formula is C25H31N3O5S2. The molecule has 1 aromatic heterocycles. The third-order valence-electron chi connectivity index (χ3n) is 5.96. The third-order valence-corrected chi connectivity index (χ3v) is 9.03. The molecule has 0 spiro atoms. The fraction of sp³-hybridized carbons (Fsp3) is 0.440. The summed E-state index contributed by atoms with van der Waals surface area (Å²) in [4.78, 5) is 18.2. The highest BCUT2D eigenvalue weighted by Gasteiger charge is 2.32. The molecule has 0 saturated carbocycles. The number of hydrogen-bond acceptors (Lipinski definition) is 6. The van der Waals surface area contributed by atoms with Gasteiger partial charge in [0.1, 0.15) is 0 Å². The molecule has 0 bridgehead atoms. The van der Waals surface area contributed by atoms with E-state index in [9.17, 15) is 13.2 Å². The van der Waals surface area contributed by atoms with E-state index in [1.165, 1.54) is 39.9 Å². The van der Waals surface area contributed by atoms with Gasteiger partial charge in [-0.25, -0.2) is 8.42 Å². The number of amides is 1. The number of benzene rings is 2. The highest BCUT2D eigenvalue weighted by Crippen LogP contribution is 2.24. The van der Waals surface area contributed by atoms with Crippen molar-refractivity contribution in [2.24, 2.45) is 4.99 Å². The van der Waals surface area contributed by atoms with Gasteiger partial charge in [0, 0.05) is 32.3 Å². The molecule has 1 amide bonds. The summed E-state index contributed by atoms with van der Waals surface area (Å²) in [6, 6.07) is 10.2. The highest BCUT2D eigenvalue weighted by molar-refractivity contribution is 7.89. The highest BCUT2D eigenvalue weighted by atomic mass is 32.2. The second-order valence-corrected chi connectivity index (χ2v) is 11.9. The summed E-state index contributed by atoms with van der Waals surface area (Å²) in [7, 11) is -2.04. The summed E-state index contributed by atoms with van der Waals surface area (Å²) in [5.74, 6) is -0.422. The van der Waals surface area contributed by atoms with Crippen molar-refractivity contribution in [2.75, 3.05) is 26.8 Å². The van der Waals surface area contributed by atoms with E-state index in [0.717, 1.165) is 21.3 Å². The van der Waals surface area contributed by atoms with Gasteiger partial charge in [0.25, 0.3) is 5.91 Å². The molecule has 1 saturated heterocycles. The maximum absolute atomic E-state index is 13.1. The molecular weight excluding hydrogens is 486 g/mol. The Morgan fingerprint density at radius 2 is 1.80 bits per heavy atom. The summed E-state index contributed by atoms with van der Waals surface area (Å²) in [5, 5.41) is 0. The van der Waals surface area contributed by atoms with E-state index in [-0.39, 0.29) is 17.1 Å². The van der Waals surface area contributed by atoms with Crippen molar-refractivity contribution >= 4 is 37.5 Å². The molecule has 8 nitrogen and oxygen atoms in total. The van der Waals surface area contributed by atoms with Crippen LogP contribution in [-0.2, 0) is 26.0 Å². The smallest absolute Gasteiger partial charge is 0.279 e. The molecule has 3 aromatic rings. The predicted octanol–water partition coefficient (Wildman–Crippen LogP) is 3.51. The van der Waals surface area contributed by atoms with E-state index in [1.807, 2.05) is 32.3 Å². The molecule has 0 N–H and O–H groups in total. The molecule has 2 heterocycles. The first-order valence-electron chi connectivity index (χ1n) is 11.5. The van der Waals surface area contributed by atoms with Crippen LogP contribution in [0.15, 0.2) is 46.3 Å². The van der Waals surface area contributed by atoms with Crippen LogP contribution in [0.3, 0.4) is 0 Å². The van der Waals surface area contributed by atoms with Crippen molar-refractivity contribution < 1.29 is 22.7 Å². The lowest BCUT2D eigenvalue weighted by atomic mass is 10.1. The van der Waals surface area contributed by atoms with Gasteiger partial charge in [-0.1, -0.05) is 17.4 Å². The number of methoxy groups -OCH3 is 1. The number of ether oxygens (including phenoxy) is 2. The van der Waals surface area contributed by atoms with Crippen LogP contribution in [0.4, 0.5) is 0 Å². The Kier molecular flexibility index (Phi) is 7.58. The molecule has 1 fully saturated rings. The van der Waals surface area contributed by atoms with Crippen molar-refractivity contribution in [3.63, 3.8) is 0 Å². The number of carbonyl (C=O) groups excluding carboxylic acids is 1. The number of carbonyl (C=O) groups is 1. The van der Waals surface area contributed by atoms with Crippen LogP contribution < -0.4 is 4.80 Å². The van der Waals surface area contributed by atoms with Crippen molar-refractivity contribution in [1.29, 1.82) is 0 Å². The number of hydrogen-bond donors (Lipinski definition) is 0. The van der Waals surface area contributed by atoms with Gasteiger partial charge in [0.2, 0.25) is 10.0 Å². The van der Waals surface area contributed by atoms with Gasteiger partial charge in [0.05, 0.1) is 33.9 Å². The minimum Gasteiger partial charge on any atom is -0.383 e. The largest absolute Gasteiger partial charge is 0.383 e. The van der Waals surface area contributed by atoms with E-state index < -0.39 is 15.9 Å². The number of nitrogens with zero attached hydrogens (tertiary/aromatic N) is 3. The molecule has 10 heteroatoms. The lowest BCUT2D eigenvalue weighted by molar-refractivity contribution is -0.0440. The van der Waals surface area contributed by atoms with E-state index in [4.69, 9.17) is 9.47 Å². The van der Waals surface area contributed by atoms with Crippen LogP contribution in [0.25, 0.3) is 10.2 Å². The lowest BCUT2D eigenvalue weighted by Gasteiger charge is -2.34. The zero-order valence-electron chi connectivity index (χ0n) is 20.6. The molecule has 0 aliphatic carbocycles. The van der Waals surface area contributed by atoms with E-state index in [0.29, 0.717) is 36.6 Å². The van der Waals surface area contributed by atoms with Gasteiger partial charge in [-0.15, -0.1) is 0 Å². The Bertz CT molecular complexity index is 1400. The first kappa shape index (κ1) is 25.7. The first-order chi connectivity index (χ1) is 16.6. The number of fused-ring (bicyclic) bond motifs is 1. The van der Waals surface area contributed by atoms with Gasteiger partial charge >= 0.3 is 0 Å². The van der Waals surface area contributed by atoms with Crippen LogP contribution in [0.5, 0.6) is 0 Å². The second-order valence-electron chi connectivity index (χ2n) is 8.98. The van der Waals surface area contributed by atoms with Crippen LogP contribution in [0.1, 0.15) is 35.3 Å². The number of sulfonamides is 1. The Morgan fingerprint density at radius 1 is 1.14 bits per heavy atom. The van der Waals surface area contributed by atoms with Gasteiger partial charge in [-0.2, -0.15) is 9.30 Å². The summed E-state index contributed by atoms with van der Waals surface area (Å²) in [6.45, 7) is 9.47. The SMILES string of the molecule is COCCn1c(=NC(=O)c2ccc(S(=O)(=O)N3C[C@H](C)O[C@@H](C)C3)cc2)sc2c(C)cc(C)cc21. The molecule has 0 radical (unpaired) electrons. The molecule has 188 valence electrons. The van der Waals surface area contributed by atoms with Gasteiger partial charge in [0.15, 0.2) is 4.80 Å². The van der Waals surface area contributed by atoms with Crippen LogP contribution in [0, 0.1) is 13.8 Å². The van der Waals surface area contributed by atoms with Crippen LogP contribution >= 0.6 is 11.3 Å². The standard InChI is InChI=1S/C25H31N3O5S2/c1-16-12-17(2)23-22(13-16)28(10-11-32-5)25(34-23)26-24(29)20-6-8-21(9-7-20)35(30,31)27-14-18(3)33-19(4)15-27/h6-9,12-13,18-19H,10-11,14-15H2,1-5H3/t18-,19-/m0/s1. The van der Waals surface area contributed by atoms with Crippen LogP contribution in [0.2, 0.25) is 0 Å². The normalized spacial score (nSPS) is 20.0. The van der Waals surface area contributed by atoms with E-state index in [1.54, 1.807) is 7.11 Å². The first-order valence-corrected chi connectivity index (χ1v) is 13.8. The minimum absolute atomic E-state index is 0.151. The Balaban J connectivity index is 1.65. The second kappa shape index (κ2) is 10.3. The summed E-state index contributed by atoms with van der Waals surface area (Å²) < 4.78 is 41.6. The number of rotatable bonds is 6. The van der Waals surface area contributed by atoms with E-state index >= 15 is 0 Å². The topological polar surface area (TPSA) is 90.2 Å².